The minimum absolute atomic E-state index is 0.0990. The summed E-state index contributed by atoms with van der Waals surface area (Å²) in [6.07, 6.45) is 0. The van der Waals surface area contributed by atoms with Gasteiger partial charge in [-0.1, -0.05) is 25.1 Å². The molecule has 0 unspecified atom stereocenters. The predicted molar refractivity (Wildman–Crippen MR) is 69.3 cm³/mol. The Hall–Kier alpha value is -1.19. The van der Waals surface area contributed by atoms with Crippen molar-refractivity contribution in [1.29, 1.82) is 0 Å². The zero-order valence-corrected chi connectivity index (χ0v) is 10.3. The Labute approximate surface area is 99.3 Å². The lowest BCUT2D eigenvalue weighted by atomic mass is 10.1. The number of fused-ring (bicyclic) bond motifs is 1. The van der Waals surface area contributed by atoms with Crippen LogP contribution in [0.2, 0.25) is 0 Å². The van der Waals surface area contributed by atoms with Gasteiger partial charge in [-0.15, -0.1) is 11.3 Å². The fraction of sp³-hybridized carbons (Fsp3) is 0.308. The lowest BCUT2D eigenvalue weighted by Crippen LogP contribution is -2.33. The predicted octanol–water partition coefficient (Wildman–Crippen LogP) is 3.08. The summed E-state index contributed by atoms with van der Waals surface area (Å²) >= 11 is 1.57. The molecule has 1 heterocycles. The Bertz CT molecular complexity index is 470. The number of carbonyl (C=O) groups is 1. The van der Waals surface area contributed by atoms with Crippen LogP contribution < -0.4 is 5.32 Å². The molecule has 0 spiro atoms. The second-order valence-corrected chi connectivity index (χ2v) is 4.88. The third-order valence-electron chi connectivity index (χ3n) is 2.57. The van der Waals surface area contributed by atoms with Crippen molar-refractivity contribution in [2.75, 3.05) is 6.54 Å². The lowest BCUT2D eigenvalue weighted by molar-refractivity contribution is 0.0956. The van der Waals surface area contributed by atoms with Crippen LogP contribution in [0.15, 0.2) is 30.3 Å². The molecule has 3 heteroatoms. The smallest absolute Gasteiger partial charge is 0.189 e. The Kier molecular flexibility index (Phi) is 3.36. The highest BCUT2D eigenvalue weighted by Crippen LogP contribution is 2.26. The van der Waals surface area contributed by atoms with E-state index in [0.29, 0.717) is 0 Å². The molecular formula is C13H15NOS. The summed E-state index contributed by atoms with van der Waals surface area (Å²) in [5.74, 6) is 0.183. The van der Waals surface area contributed by atoms with E-state index in [4.69, 9.17) is 0 Å². The summed E-state index contributed by atoms with van der Waals surface area (Å²) in [6.45, 7) is 4.74. The molecule has 2 aromatic rings. The van der Waals surface area contributed by atoms with Crippen molar-refractivity contribution in [3.05, 3.63) is 35.2 Å². The standard InChI is InChI=1S/C13H15NOS/c1-3-14-9(2)13(15)12-8-10-6-4-5-7-11(10)16-12/h4-9,14H,3H2,1-2H3/t9-/m1/s1. The first-order chi connectivity index (χ1) is 7.72. The molecule has 0 aliphatic rings. The molecule has 1 N–H and O–H groups in total. The van der Waals surface area contributed by atoms with Gasteiger partial charge in [-0.2, -0.15) is 0 Å². The van der Waals surface area contributed by atoms with E-state index in [9.17, 15) is 4.79 Å². The van der Waals surface area contributed by atoms with Crippen molar-refractivity contribution in [1.82, 2.24) is 5.32 Å². The maximum absolute atomic E-state index is 12.1. The molecule has 0 fully saturated rings. The van der Waals surface area contributed by atoms with Gasteiger partial charge in [0.05, 0.1) is 10.9 Å². The molecule has 0 bridgehead atoms. The van der Waals surface area contributed by atoms with Gasteiger partial charge in [0.1, 0.15) is 0 Å². The van der Waals surface area contributed by atoms with E-state index in [2.05, 4.69) is 11.4 Å². The van der Waals surface area contributed by atoms with Crippen molar-refractivity contribution in [3.63, 3.8) is 0 Å². The van der Waals surface area contributed by atoms with E-state index in [1.807, 2.05) is 38.1 Å². The molecule has 2 rings (SSSR count). The van der Waals surface area contributed by atoms with Crippen molar-refractivity contribution < 1.29 is 4.79 Å². The van der Waals surface area contributed by atoms with Crippen LogP contribution >= 0.6 is 11.3 Å². The van der Waals surface area contributed by atoms with Crippen LogP contribution in [0.3, 0.4) is 0 Å². The van der Waals surface area contributed by atoms with Crippen LogP contribution in [0.5, 0.6) is 0 Å². The van der Waals surface area contributed by atoms with Crippen LogP contribution in [0, 0.1) is 0 Å². The highest BCUT2D eigenvalue weighted by molar-refractivity contribution is 7.20. The molecule has 0 saturated heterocycles. The summed E-state index contributed by atoms with van der Waals surface area (Å²) in [5.41, 5.74) is 0. The van der Waals surface area contributed by atoms with Gasteiger partial charge in [-0.25, -0.2) is 0 Å². The molecule has 1 aromatic carbocycles. The minimum atomic E-state index is -0.0990. The van der Waals surface area contributed by atoms with Gasteiger partial charge in [-0.3, -0.25) is 4.79 Å². The third kappa shape index (κ3) is 2.15. The molecule has 0 aliphatic heterocycles. The fourth-order valence-corrected chi connectivity index (χ4v) is 2.81. The van der Waals surface area contributed by atoms with Crippen LogP contribution in [-0.2, 0) is 0 Å². The summed E-state index contributed by atoms with van der Waals surface area (Å²) in [6, 6.07) is 9.97. The van der Waals surface area contributed by atoms with E-state index >= 15 is 0 Å². The topological polar surface area (TPSA) is 29.1 Å². The molecule has 0 aliphatic carbocycles. The SMILES string of the molecule is CCN[C@H](C)C(=O)c1cc2ccccc2s1. The van der Waals surface area contributed by atoms with Gasteiger partial charge in [0, 0.05) is 4.70 Å². The van der Waals surface area contributed by atoms with Crippen molar-refractivity contribution in [3.8, 4) is 0 Å². The first-order valence-corrected chi connectivity index (χ1v) is 6.30. The summed E-state index contributed by atoms with van der Waals surface area (Å²) < 4.78 is 1.18. The zero-order valence-electron chi connectivity index (χ0n) is 9.49. The van der Waals surface area contributed by atoms with Crippen LogP contribution in [-0.4, -0.2) is 18.4 Å². The molecule has 0 radical (unpaired) electrons. The number of carbonyl (C=O) groups excluding carboxylic acids is 1. The van der Waals surface area contributed by atoms with Gasteiger partial charge < -0.3 is 5.32 Å². The third-order valence-corrected chi connectivity index (χ3v) is 3.70. The van der Waals surface area contributed by atoms with Crippen LogP contribution in [0.25, 0.3) is 10.1 Å². The number of thiophene rings is 1. The van der Waals surface area contributed by atoms with Gasteiger partial charge in [0.25, 0.3) is 0 Å². The van der Waals surface area contributed by atoms with Crippen molar-refractivity contribution in [2.24, 2.45) is 0 Å². The molecule has 0 saturated carbocycles. The molecule has 0 amide bonds. The monoisotopic (exact) mass is 233 g/mol. The molecule has 1 atom stereocenters. The van der Waals surface area contributed by atoms with Crippen LogP contribution in [0.4, 0.5) is 0 Å². The average molecular weight is 233 g/mol. The average Bonchev–Trinajstić information content (AvgIpc) is 2.71. The molecule has 2 nitrogen and oxygen atoms in total. The molecule has 16 heavy (non-hydrogen) atoms. The van der Waals surface area contributed by atoms with Crippen LogP contribution in [0.1, 0.15) is 23.5 Å². The number of hydrogen-bond acceptors (Lipinski definition) is 3. The van der Waals surface area contributed by atoms with Gasteiger partial charge in [0.2, 0.25) is 0 Å². The van der Waals surface area contributed by atoms with Gasteiger partial charge in [-0.05, 0) is 31.0 Å². The fourth-order valence-electron chi connectivity index (χ4n) is 1.72. The first-order valence-electron chi connectivity index (χ1n) is 5.48. The Balaban J connectivity index is 2.29. The maximum atomic E-state index is 12.1. The van der Waals surface area contributed by atoms with Gasteiger partial charge >= 0.3 is 0 Å². The Morgan fingerprint density at radius 2 is 2.19 bits per heavy atom. The molecule has 1 aromatic heterocycles. The number of benzene rings is 1. The maximum Gasteiger partial charge on any atom is 0.189 e. The largest absolute Gasteiger partial charge is 0.308 e. The summed E-state index contributed by atoms with van der Waals surface area (Å²) in [4.78, 5) is 12.9. The van der Waals surface area contributed by atoms with E-state index < -0.39 is 0 Å². The van der Waals surface area contributed by atoms with E-state index in [1.54, 1.807) is 11.3 Å². The van der Waals surface area contributed by atoms with E-state index in [-0.39, 0.29) is 11.8 Å². The minimum Gasteiger partial charge on any atom is -0.308 e. The zero-order chi connectivity index (χ0) is 11.5. The number of Topliss-reactive ketones (excluding diaryl/α,β-unsaturated/α-hetero) is 1. The van der Waals surface area contributed by atoms with Crippen molar-refractivity contribution in [2.45, 2.75) is 19.9 Å². The summed E-state index contributed by atoms with van der Waals surface area (Å²) in [5, 5.41) is 4.30. The second-order valence-electron chi connectivity index (χ2n) is 3.79. The van der Waals surface area contributed by atoms with E-state index in [1.165, 1.54) is 4.70 Å². The van der Waals surface area contributed by atoms with Gasteiger partial charge in [0.15, 0.2) is 5.78 Å². The number of nitrogens with one attached hydrogen (secondary N) is 1. The first kappa shape index (κ1) is 11.3. The van der Waals surface area contributed by atoms with Crippen molar-refractivity contribution >= 4 is 27.2 Å². The normalized spacial score (nSPS) is 12.9. The molecular weight excluding hydrogens is 218 g/mol. The number of hydrogen-bond donors (Lipinski definition) is 1. The second kappa shape index (κ2) is 4.76. The number of ketones is 1. The Morgan fingerprint density at radius 3 is 2.88 bits per heavy atom. The number of likely N-dealkylation sites (N-methyl/N-ethyl adjacent to an activating group) is 1. The Morgan fingerprint density at radius 1 is 1.44 bits per heavy atom. The molecule has 84 valence electrons. The number of rotatable bonds is 4. The highest BCUT2D eigenvalue weighted by atomic mass is 32.1. The van der Waals surface area contributed by atoms with E-state index in [0.717, 1.165) is 16.8 Å². The highest BCUT2D eigenvalue weighted by Gasteiger charge is 2.16. The summed E-state index contributed by atoms with van der Waals surface area (Å²) in [7, 11) is 0. The quantitative estimate of drug-likeness (QED) is 0.822. The lowest BCUT2D eigenvalue weighted by Gasteiger charge is -2.08.